The second kappa shape index (κ2) is 3.60. The van der Waals surface area contributed by atoms with Gasteiger partial charge < -0.3 is 0 Å². The molecule has 0 bridgehead atoms. The maximum atomic E-state index is 5.44. The lowest BCUT2D eigenvalue weighted by molar-refractivity contribution is 0.992. The molecule has 14 heavy (non-hydrogen) atoms. The lowest BCUT2D eigenvalue weighted by Gasteiger charge is -2.24. The van der Waals surface area contributed by atoms with Gasteiger partial charge in [-0.25, -0.2) is 0 Å². The summed E-state index contributed by atoms with van der Waals surface area (Å²) in [5.74, 6) is 0. The van der Waals surface area contributed by atoms with Crippen LogP contribution in [0.25, 0.3) is 0 Å². The molecule has 0 aromatic carbocycles. The molecule has 12 radical (unpaired) electrons. The Morgan fingerprint density at radius 2 is 1.14 bits per heavy atom. The molecular formula is C7H3B6N. The Balaban J connectivity index is 3.15. The van der Waals surface area contributed by atoms with E-state index in [9.17, 15) is 0 Å². The number of aromatic nitrogens is 1. The molecule has 0 aliphatic heterocycles. The van der Waals surface area contributed by atoms with Crippen LogP contribution >= 0.6 is 0 Å². The van der Waals surface area contributed by atoms with Crippen molar-refractivity contribution in [2.45, 2.75) is 10.2 Å². The standard InChI is InChI=1S/C7H3B6N/c8-6(9,10)4-2-1-3-5(14-4)7(11,12)13/h1-3H. The summed E-state index contributed by atoms with van der Waals surface area (Å²) in [6, 6.07) is 4.75. The first-order chi connectivity index (χ1) is 6.21. The van der Waals surface area contributed by atoms with Gasteiger partial charge in [-0.05, 0) is 12.1 Å². The molecule has 0 atom stereocenters. The van der Waals surface area contributed by atoms with Crippen LogP contribution in [0.5, 0.6) is 0 Å². The lowest BCUT2D eigenvalue weighted by atomic mass is 9.40. The Kier molecular flexibility index (Phi) is 2.99. The largest absolute Gasteiger partial charge is 0.261 e. The Morgan fingerprint density at radius 1 is 0.786 bits per heavy atom. The number of nitrogens with zero attached hydrogens (tertiary/aromatic N) is 1. The third-order valence-electron chi connectivity index (χ3n) is 1.64. The van der Waals surface area contributed by atoms with Gasteiger partial charge in [0.15, 0.2) is 0 Å². The zero-order valence-corrected chi connectivity index (χ0v) is 7.64. The molecule has 0 spiro atoms. The molecule has 0 amide bonds. The van der Waals surface area contributed by atoms with Crippen LogP contribution in [-0.2, 0) is 10.2 Å². The third-order valence-corrected chi connectivity index (χ3v) is 1.64. The van der Waals surface area contributed by atoms with E-state index in [4.69, 9.17) is 47.1 Å². The average molecular weight is 166 g/mol. The van der Waals surface area contributed by atoms with Crippen molar-refractivity contribution in [3.05, 3.63) is 29.6 Å². The van der Waals surface area contributed by atoms with Crippen LogP contribution in [0, 0.1) is 0 Å². The van der Waals surface area contributed by atoms with Crippen molar-refractivity contribution in [1.29, 1.82) is 0 Å². The molecule has 1 nitrogen and oxygen atoms in total. The van der Waals surface area contributed by atoms with Crippen molar-refractivity contribution in [2.24, 2.45) is 0 Å². The van der Waals surface area contributed by atoms with Crippen LogP contribution in [0.1, 0.15) is 11.4 Å². The highest BCUT2D eigenvalue weighted by Crippen LogP contribution is 2.15. The van der Waals surface area contributed by atoms with Crippen LogP contribution < -0.4 is 0 Å². The van der Waals surface area contributed by atoms with Crippen molar-refractivity contribution in [1.82, 2.24) is 4.98 Å². The number of hydrogen-bond donors (Lipinski definition) is 0. The van der Waals surface area contributed by atoms with E-state index in [1.165, 1.54) is 0 Å². The fourth-order valence-electron chi connectivity index (χ4n) is 0.917. The first kappa shape index (κ1) is 11.6. The van der Waals surface area contributed by atoms with Gasteiger partial charge in [0.2, 0.25) is 0 Å². The maximum absolute atomic E-state index is 5.44. The zero-order valence-electron chi connectivity index (χ0n) is 7.64. The number of rotatable bonds is 2. The van der Waals surface area contributed by atoms with Gasteiger partial charge in [-0.2, -0.15) is 0 Å². The van der Waals surface area contributed by atoms with Crippen LogP contribution in [0.15, 0.2) is 18.2 Å². The lowest BCUT2D eigenvalue weighted by Crippen LogP contribution is -2.32. The summed E-state index contributed by atoms with van der Waals surface area (Å²) in [7, 11) is 32.6. The van der Waals surface area contributed by atoms with Gasteiger partial charge in [-0.3, -0.25) is 4.98 Å². The molecule has 0 N–H and O–H groups in total. The summed E-state index contributed by atoms with van der Waals surface area (Å²) >= 11 is 0. The molecule has 1 heterocycles. The molecular weight excluding hydrogens is 163 g/mol. The van der Waals surface area contributed by atoms with Gasteiger partial charge >= 0.3 is 0 Å². The fraction of sp³-hybridized carbons (Fsp3) is 0.286. The minimum Gasteiger partial charge on any atom is -0.261 e. The predicted molar refractivity (Wildman–Crippen MR) is 62.1 cm³/mol. The van der Waals surface area contributed by atoms with Gasteiger partial charge in [0.1, 0.15) is 0 Å². The Morgan fingerprint density at radius 3 is 1.43 bits per heavy atom. The van der Waals surface area contributed by atoms with E-state index in [1.54, 1.807) is 18.2 Å². The second-order valence-electron chi connectivity index (χ2n) is 3.27. The molecule has 0 aliphatic carbocycles. The molecule has 0 saturated heterocycles. The van der Waals surface area contributed by atoms with Crippen molar-refractivity contribution in [3.8, 4) is 0 Å². The minimum atomic E-state index is -1.53. The summed E-state index contributed by atoms with van der Waals surface area (Å²) in [5, 5.41) is -3.05. The van der Waals surface area contributed by atoms with E-state index < -0.39 is 10.2 Å². The summed E-state index contributed by atoms with van der Waals surface area (Å²) in [6.45, 7) is 0. The van der Waals surface area contributed by atoms with Gasteiger partial charge in [0.25, 0.3) is 0 Å². The Labute approximate surface area is 92.3 Å². The quantitative estimate of drug-likeness (QED) is 0.478. The molecule has 54 valence electrons. The zero-order chi connectivity index (χ0) is 11.0. The predicted octanol–water partition coefficient (Wildman–Crippen LogP) is -1.69. The van der Waals surface area contributed by atoms with Crippen molar-refractivity contribution in [2.75, 3.05) is 0 Å². The van der Waals surface area contributed by atoms with Crippen molar-refractivity contribution >= 4 is 47.1 Å². The highest BCUT2D eigenvalue weighted by Gasteiger charge is 2.18. The SMILES string of the molecule is [B]C([B])([B])c1cccc(C([B])([B])[B])n1. The monoisotopic (exact) mass is 167 g/mol. The molecule has 1 rings (SSSR count). The number of pyridine rings is 1. The third kappa shape index (κ3) is 2.76. The second-order valence-corrected chi connectivity index (χ2v) is 3.27. The van der Waals surface area contributed by atoms with Gasteiger partial charge in [0, 0.05) is 11.4 Å². The summed E-state index contributed by atoms with van der Waals surface area (Å²) < 4.78 is 0. The highest BCUT2D eigenvalue weighted by molar-refractivity contribution is 6.59. The summed E-state index contributed by atoms with van der Waals surface area (Å²) in [6.07, 6.45) is 0. The molecule has 0 saturated carbocycles. The van der Waals surface area contributed by atoms with Gasteiger partial charge in [-0.1, -0.05) is 16.3 Å². The first-order valence-electron chi connectivity index (χ1n) is 3.92. The molecule has 1 aromatic rings. The summed E-state index contributed by atoms with van der Waals surface area (Å²) in [4.78, 5) is 3.97. The maximum Gasteiger partial charge on any atom is 0.0583 e. The number of hydrogen-bond acceptors (Lipinski definition) is 1. The Hall–Kier alpha value is -0.460. The molecule has 1 aromatic heterocycles. The van der Waals surface area contributed by atoms with Crippen molar-refractivity contribution in [3.63, 3.8) is 0 Å². The van der Waals surface area contributed by atoms with E-state index in [2.05, 4.69) is 4.98 Å². The van der Waals surface area contributed by atoms with E-state index in [0.717, 1.165) is 0 Å². The van der Waals surface area contributed by atoms with Crippen LogP contribution in [-0.4, -0.2) is 52.1 Å². The van der Waals surface area contributed by atoms with Crippen LogP contribution in [0.2, 0.25) is 0 Å². The summed E-state index contributed by atoms with van der Waals surface area (Å²) in [5.41, 5.74) is 0.529. The van der Waals surface area contributed by atoms with E-state index in [-0.39, 0.29) is 11.4 Å². The molecule has 0 unspecified atom stereocenters. The molecule has 7 heteroatoms. The highest BCUT2D eigenvalue weighted by atomic mass is 14.7. The van der Waals surface area contributed by atoms with E-state index >= 15 is 0 Å². The normalized spacial score (nSPS) is 12.6. The van der Waals surface area contributed by atoms with Crippen LogP contribution in [0.4, 0.5) is 0 Å². The van der Waals surface area contributed by atoms with Crippen molar-refractivity contribution < 1.29 is 0 Å². The fourth-order valence-corrected chi connectivity index (χ4v) is 0.917. The van der Waals surface area contributed by atoms with Crippen LogP contribution in [0.3, 0.4) is 0 Å². The van der Waals surface area contributed by atoms with Gasteiger partial charge in [0.05, 0.1) is 47.1 Å². The smallest absolute Gasteiger partial charge is 0.0583 e. The Bertz CT molecular complexity index is 296. The molecule has 0 aliphatic rings. The minimum absolute atomic E-state index is 0.265. The van der Waals surface area contributed by atoms with E-state index in [0.29, 0.717) is 0 Å². The average Bonchev–Trinajstić information content (AvgIpc) is 2.01. The first-order valence-corrected chi connectivity index (χ1v) is 3.92. The van der Waals surface area contributed by atoms with Gasteiger partial charge in [-0.15, -0.1) is 0 Å². The van der Waals surface area contributed by atoms with E-state index in [1.807, 2.05) is 0 Å². The topological polar surface area (TPSA) is 12.9 Å². The molecule has 0 fully saturated rings.